The summed E-state index contributed by atoms with van der Waals surface area (Å²) >= 11 is 0. The van der Waals surface area contributed by atoms with Crippen LogP contribution >= 0.6 is 0 Å². The summed E-state index contributed by atoms with van der Waals surface area (Å²) in [5.74, 6) is 0. The molecule has 0 saturated heterocycles. The Balaban J connectivity index is 0.734. The van der Waals surface area contributed by atoms with Crippen LogP contribution < -0.4 is 14.7 Å². The molecule has 0 unspecified atom stereocenters. The fraction of sp³-hybridized carbons (Fsp3) is 0.0909. The summed E-state index contributed by atoms with van der Waals surface area (Å²) in [7, 11) is 0. The molecule has 0 radical (unpaired) electrons. The molecule has 2 aliphatic carbocycles. The van der Waals surface area contributed by atoms with E-state index in [1.807, 2.05) is 0 Å². The van der Waals surface area contributed by atoms with Crippen molar-refractivity contribution < 1.29 is 0 Å². The second kappa shape index (κ2) is 19.6. The zero-order valence-electron chi connectivity index (χ0n) is 45.7. The highest BCUT2D eigenvalue weighted by atomic mass is 15.2. The van der Waals surface area contributed by atoms with Crippen LogP contribution in [0.15, 0.2) is 261 Å². The van der Waals surface area contributed by atoms with Crippen LogP contribution in [-0.2, 0) is 17.3 Å². The number of benzene rings is 11. The van der Waals surface area contributed by atoms with Gasteiger partial charge in [-0.2, -0.15) is 0 Å². The molecule has 0 amide bonds. The molecule has 0 N–H and O–H groups in total. The molecule has 1 aliphatic heterocycles. The summed E-state index contributed by atoms with van der Waals surface area (Å²) < 4.78 is 0. The normalized spacial score (nSPS) is 14.0. The second-order valence-electron chi connectivity index (χ2n) is 22.6. The molecule has 80 heavy (non-hydrogen) atoms. The van der Waals surface area contributed by atoms with Crippen LogP contribution in [0.4, 0.5) is 51.2 Å². The Morgan fingerprint density at radius 2 is 0.600 bits per heavy atom. The molecular weight excluding hydrogens is 967 g/mol. The maximum Gasteiger partial charge on any atom is 0.0503 e. The summed E-state index contributed by atoms with van der Waals surface area (Å²) in [6, 6.07) is 95.5. The van der Waals surface area contributed by atoms with Gasteiger partial charge in [0.15, 0.2) is 0 Å². The topological polar surface area (TPSA) is 9.72 Å². The number of rotatable bonds is 11. The molecule has 0 aromatic heterocycles. The fourth-order valence-electron chi connectivity index (χ4n) is 12.8. The molecule has 11 aromatic carbocycles. The number of anilines is 9. The molecular formula is C77H61N3. The van der Waals surface area contributed by atoms with E-state index in [0.717, 1.165) is 46.2 Å². The van der Waals surface area contributed by atoms with E-state index in [4.69, 9.17) is 0 Å². The molecule has 1 heterocycles. The van der Waals surface area contributed by atoms with Crippen LogP contribution in [0.5, 0.6) is 0 Å². The molecule has 0 fully saturated rings. The lowest BCUT2D eigenvalue weighted by Crippen LogP contribution is -2.18. The zero-order chi connectivity index (χ0) is 54.0. The minimum atomic E-state index is -0.182. The number of para-hydroxylation sites is 5. The van der Waals surface area contributed by atoms with Gasteiger partial charge in [-0.3, -0.25) is 0 Å². The summed E-state index contributed by atoms with van der Waals surface area (Å²) in [4.78, 5) is 7.18. The van der Waals surface area contributed by atoms with Crippen LogP contribution in [0.2, 0.25) is 0 Å². The zero-order valence-corrected chi connectivity index (χ0v) is 45.7. The third kappa shape index (κ3) is 8.54. The quantitative estimate of drug-likeness (QED) is 0.120. The summed E-state index contributed by atoms with van der Waals surface area (Å²) in [6.07, 6.45) is 10.0. The molecule has 0 spiro atoms. The van der Waals surface area contributed by atoms with Gasteiger partial charge in [-0.05, 0) is 175 Å². The first kappa shape index (κ1) is 48.7. The first-order chi connectivity index (χ1) is 39.2. The molecule has 3 nitrogen and oxygen atoms in total. The molecule has 14 rings (SSSR count). The number of fused-ring (bicyclic) bond motifs is 8. The smallest absolute Gasteiger partial charge is 0.0503 e. The Bertz CT molecular complexity index is 3860. The molecule has 384 valence electrons. The van der Waals surface area contributed by atoms with Crippen LogP contribution in [-0.4, -0.2) is 0 Å². The number of hydrogen-bond acceptors (Lipinski definition) is 3. The van der Waals surface area contributed by atoms with Gasteiger partial charge < -0.3 is 14.7 Å². The van der Waals surface area contributed by atoms with Crippen LogP contribution in [0.1, 0.15) is 83.3 Å². The van der Waals surface area contributed by atoms with Crippen LogP contribution in [0, 0.1) is 0 Å². The highest BCUT2D eigenvalue weighted by molar-refractivity contribution is 5.91. The van der Waals surface area contributed by atoms with Gasteiger partial charge in [-0.25, -0.2) is 0 Å². The minimum Gasteiger partial charge on any atom is -0.310 e. The van der Waals surface area contributed by atoms with E-state index in [9.17, 15) is 0 Å². The predicted octanol–water partition coefficient (Wildman–Crippen LogP) is 21.0. The van der Waals surface area contributed by atoms with Crippen molar-refractivity contribution in [3.8, 4) is 22.3 Å². The molecule has 0 bridgehead atoms. The van der Waals surface area contributed by atoms with Crippen molar-refractivity contribution in [1.82, 2.24) is 0 Å². The van der Waals surface area contributed by atoms with Crippen molar-refractivity contribution >= 4 is 75.5 Å². The predicted molar refractivity (Wildman–Crippen MR) is 339 cm³/mol. The second-order valence-corrected chi connectivity index (χ2v) is 22.6. The largest absolute Gasteiger partial charge is 0.310 e. The van der Waals surface area contributed by atoms with Gasteiger partial charge in [0.25, 0.3) is 0 Å². The Morgan fingerprint density at radius 3 is 0.963 bits per heavy atom. The van der Waals surface area contributed by atoms with Gasteiger partial charge in [0.05, 0.1) is 11.4 Å². The van der Waals surface area contributed by atoms with E-state index in [1.165, 1.54) is 89.3 Å². The van der Waals surface area contributed by atoms with Crippen molar-refractivity contribution in [3.05, 3.63) is 316 Å². The van der Waals surface area contributed by atoms with E-state index in [2.05, 4.69) is 328 Å². The van der Waals surface area contributed by atoms with Crippen molar-refractivity contribution in [3.63, 3.8) is 0 Å². The molecule has 3 heteroatoms. The van der Waals surface area contributed by atoms with E-state index in [-0.39, 0.29) is 10.8 Å². The van der Waals surface area contributed by atoms with Gasteiger partial charge in [0, 0.05) is 57.1 Å². The maximum absolute atomic E-state index is 2.46. The van der Waals surface area contributed by atoms with Gasteiger partial charge in [-0.1, -0.05) is 216 Å². The SMILES string of the molecule is CC1(C)c2cc(C=Cc3ccc4c(c3)N(c3ccccc3)c3cc(C=Cc5ccc6c(c5)C(C)(C)c5cc(N(c7ccccc7)c7ccccc7)ccc5-6)ccc3C4)ccc2-c2ccc(N(c3ccccc3)c3ccccc3)cc21. The van der Waals surface area contributed by atoms with Gasteiger partial charge in [-0.15, -0.1) is 0 Å². The third-order valence-electron chi connectivity index (χ3n) is 17.0. The van der Waals surface area contributed by atoms with E-state index >= 15 is 0 Å². The molecule has 11 aromatic rings. The van der Waals surface area contributed by atoms with Crippen LogP contribution in [0.25, 0.3) is 46.6 Å². The average Bonchev–Trinajstić information content (AvgIpc) is 3.93. The third-order valence-corrected chi connectivity index (χ3v) is 17.0. The summed E-state index contributed by atoms with van der Waals surface area (Å²) in [5.41, 5.74) is 28.1. The lowest BCUT2D eigenvalue weighted by molar-refractivity contribution is 0.660. The Morgan fingerprint density at radius 1 is 0.300 bits per heavy atom. The van der Waals surface area contributed by atoms with E-state index in [0.29, 0.717) is 0 Å². The molecule has 3 aliphatic rings. The first-order valence-corrected chi connectivity index (χ1v) is 28.0. The minimum absolute atomic E-state index is 0.182. The number of nitrogens with zero attached hydrogens (tertiary/aromatic N) is 3. The lowest BCUT2D eigenvalue weighted by Gasteiger charge is -2.34. The maximum atomic E-state index is 2.46. The highest BCUT2D eigenvalue weighted by Gasteiger charge is 2.38. The van der Waals surface area contributed by atoms with Crippen molar-refractivity contribution in [1.29, 1.82) is 0 Å². The molecule has 0 saturated carbocycles. The van der Waals surface area contributed by atoms with Crippen molar-refractivity contribution in [2.45, 2.75) is 44.9 Å². The van der Waals surface area contributed by atoms with Gasteiger partial charge in [0.2, 0.25) is 0 Å². The monoisotopic (exact) mass is 1030 g/mol. The number of hydrogen-bond donors (Lipinski definition) is 0. The van der Waals surface area contributed by atoms with Crippen LogP contribution in [0.3, 0.4) is 0 Å². The lowest BCUT2D eigenvalue weighted by atomic mass is 9.81. The fourth-order valence-corrected chi connectivity index (χ4v) is 12.8. The summed E-state index contributed by atoms with van der Waals surface area (Å²) in [5, 5.41) is 0. The van der Waals surface area contributed by atoms with Crippen molar-refractivity contribution in [2.75, 3.05) is 14.7 Å². The Labute approximate surface area is 471 Å². The Kier molecular flexibility index (Phi) is 11.9. The first-order valence-electron chi connectivity index (χ1n) is 28.0. The standard InChI is InChI=1S/C77H61N3/c1-76(2)70-46-53(36-42-66(70)68-44-40-64(51-72(68)76)78(59-20-10-5-11-21-59)60-22-12-6-13-23-60)30-32-55-34-38-57-50-58-39-35-56(49-75(58)80(74(57)48-55)63-28-18-9-19-29-63)33-31-54-37-43-67-69-45-41-65(52-73(69)77(3,4)71(67)47-54)79(61-24-14-7-15-25-61)62-26-16-8-17-27-62/h5-49,51-52H,50H2,1-4H3. The van der Waals surface area contributed by atoms with E-state index in [1.54, 1.807) is 0 Å². The van der Waals surface area contributed by atoms with Gasteiger partial charge >= 0.3 is 0 Å². The molecule has 0 atom stereocenters. The Hall–Kier alpha value is -9.70. The average molecular weight is 1030 g/mol. The van der Waals surface area contributed by atoms with Crippen molar-refractivity contribution in [2.24, 2.45) is 0 Å². The van der Waals surface area contributed by atoms with Gasteiger partial charge in [0.1, 0.15) is 0 Å². The summed E-state index contributed by atoms with van der Waals surface area (Å²) in [6.45, 7) is 9.50. The highest BCUT2D eigenvalue weighted by Crippen LogP contribution is 2.53. The van der Waals surface area contributed by atoms with E-state index < -0.39 is 0 Å².